The predicted octanol–water partition coefficient (Wildman–Crippen LogP) is 3.02. The summed E-state index contributed by atoms with van der Waals surface area (Å²) in [7, 11) is 0. The molecular formula is C10H5Cl2NO3S. The molecule has 17 heavy (non-hydrogen) atoms. The monoisotopic (exact) mass is 289 g/mol. The smallest absolute Gasteiger partial charge is 0.290 e. The van der Waals surface area contributed by atoms with E-state index in [2.05, 4.69) is 5.32 Å². The number of hydrogen-bond acceptors (Lipinski definition) is 4. The molecule has 1 fully saturated rings. The molecule has 0 aromatic heterocycles. The SMILES string of the molecule is O=C1NC(=O)/C(=C\c2cc(Cl)c(O)c(Cl)c2)S1. The van der Waals surface area contributed by atoms with Crippen molar-refractivity contribution in [3.63, 3.8) is 0 Å². The quantitative estimate of drug-likeness (QED) is 0.780. The van der Waals surface area contributed by atoms with Gasteiger partial charge in [-0.3, -0.25) is 14.9 Å². The Balaban J connectivity index is 2.40. The second-order valence-corrected chi connectivity index (χ2v) is 5.01. The van der Waals surface area contributed by atoms with E-state index in [9.17, 15) is 14.7 Å². The number of imide groups is 1. The summed E-state index contributed by atoms with van der Waals surface area (Å²) in [5, 5.41) is 11.2. The maximum atomic E-state index is 11.3. The van der Waals surface area contributed by atoms with Crippen molar-refractivity contribution in [1.29, 1.82) is 0 Å². The van der Waals surface area contributed by atoms with Crippen LogP contribution in [0.2, 0.25) is 10.0 Å². The van der Waals surface area contributed by atoms with Crippen molar-refractivity contribution in [1.82, 2.24) is 5.32 Å². The number of rotatable bonds is 1. The van der Waals surface area contributed by atoms with Gasteiger partial charge in [0.1, 0.15) is 0 Å². The first kappa shape index (κ1) is 12.3. The van der Waals surface area contributed by atoms with Gasteiger partial charge in [-0.1, -0.05) is 23.2 Å². The zero-order valence-electron chi connectivity index (χ0n) is 8.16. The van der Waals surface area contributed by atoms with Crippen LogP contribution in [0.5, 0.6) is 5.75 Å². The molecule has 0 spiro atoms. The third-order valence-electron chi connectivity index (χ3n) is 1.98. The Morgan fingerprint density at radius 2 is 1.82 bits per heavy atom. The lowest BCUT2D eigenvalue weighted by Gasteiger charge is -2.02. The van der Waals surface area contributed by atoms with Gasteiger partial charge in [-0.05, 0) is 35.5 Å². The van der Waals surface area contributed by atoms with Crippen molar-refractivity contribution in [3.05, 3.63) is 32.6 Å². The van der Waals surface area contributed by atoms with E-state index in [-0.39, 0.29) is 20.7 Å². The van der Waals surface area contributed by atoms with Crippen molar-refractivity contribution in [2.45, 2.75) is 0 Å². The first-order chi connectivity index (χ1) is 7.97. The van der Waals surface area contributed by atoms with E-state index in [1.807, 2.05) is 0 Å². The van der Waals surface area contributed by atoms with E-state index in [4.69, 9.17) is 23.2 Å². The molecule has 2 rings (SSSR count). The van der Waals surface area contributed by atoms with Crippen LogP contribution in [0.15, 0.2) is 17.0 Å². The van der Waals surface area contributed by atoms with Crippen LogP contribution in [0.4, 0.5) is 4.79 Å². The lowest BCUT2D eigenvalue weighted by Crippen LogP contribution is -2.17. The molecule has 1 aliphatic heterocycles. The summed E-state index contributed by atoms with van der Waals surface area (Å²) in [6.07, 6.45) is 1.47. The van der Waals surface area contributed by atoms with Crippen LogP contribution in [-0.2, 0) is 4.79 Å². The Labute approximate surface area is 111 Å². The number of phenolic OH excluding ortho intramolecular Hbond substituents is 1. The highest BCUT2D eigenvalue weighted by Gasteiger charge is 2.25. The normalized spacial score (nSPS) is 17.6. The number of phenols is 1. The summed E-state index contributed by atoms with van der Waals surface area (Å²) < 4.78 is 0. The largest absolute Gasteiger partial charge is 0.505 e. The minimum atomic E-state index is -0.458. The van der Waals surface area contributed by atoms with Crippen LogP contribution < -0.4 is 5.32 Å². The molecule has 88 valence electrons. The molecule has 0 bridgehead atoms. The molecule has 2 amide bonds. The number of carbonyl (C=O) groups is 2. The van der Waals surface area contributed by atoms with Crippen LogP contribution in [0, 0.1) is 0 Å². The number of aromatic hydroxyl groups is 1. The highest BCUT2D eigenvalue weighted by Crippen LogP contribution is 2.34. The first-order valence-corrected chi connectivity index (χ1v) is 5.97. The van der Waals surface area contributed by atoms with Crippen LogP contribution >= 0.6 is 35.0 Å². The number of nitrogens with one attached hydrogen (secondary N) is 1. The Morgan fingerprint density at radius 1 is 1.24 bits per heavy atom. The molecule has 1 aliphatic rings. The number of halogens is 2. The maximum absolute atomic E-state index is 11.3. The molecule has 0 aliphatic carbocycles. The van der Waals surface area contributed by atoms with Gasteiger partial charge in [0.2, 0.25) is 0 Å². The van der Waals surface area contributed by atoms with Gasteiger partial charge in [0.15, 0.2) is 5.75 Å². The number of amides is 2. The summed E-state index contributed by atoms with van der Waals surface area (Å²) in [6, 6.07) is 2.90. The fourth-order valence-corrected chi connectivity index (χ4v) is 2.43. The Kier molecular flexibility index (Phi) is 3.33. The lowest BCUT2D eigenvalue weighted by molar-refractivity contribution is -0.115. The highest BCUT2D eigenvalue weighted by atomic mass is 35.5. The summed E-state index contributed by atoms with van der Waals surface area (Å²) in [6.45, 7) is 0. The van der Waals surface area contributed by atoms with E-state index >= 15 is 0 Å². The third kappa shape index (κ3) is 2.57. The summed E-state index contributed by atoms with van der Waals surface area (Å²) in [5.74, 6) is -0.671. The Hall–Kier alpha value is -1.17. The molecule has 1 aromatic carbocycles. The molecule has 0 saturated carbocycles. The predicted molar refractivity (Wildman–Crippen MR) is 67.2 cm³/mol. The Bertz CT molecular complexity index is 533. The van der Waals surface area contributed by atoms with Gasteiger partial charge >= 0.3 is 0 Å². The van der Waals surface area contributed by atoms with Crippen LogP contribution in [0.1, 0.15) is 5.56 Å². The van der Waals surface area contributed by atoms with Crippen molar-refractivity contribution in [2.75, 3.05) is 0 Å². The minimum Gasteiger partial charge on any atom is -0.505 e. The molecule has 1 aromatic rings. The fraction of sp³-hybridized carbons (Fsp3) is 0. The molecule has 0 unspecified atom stereocenters. The van der Waals surface area contributed by atoms with Gasteiger partial charge in [0.05, 0.1) is 15.0 Å². The summed E-state index contributed by atoms with van der Waals surface area (Å²) >= 11 is 12.3. The summed E-state index contributed by atoms with van der Waals surface area (Å²) in [5.41, 5.74) is 0.533. The standard InChI is InChI=1S/C10H5Cl2NO3S/c11-5-1-4(2-6(12)8(5)14)3-7-9(15)13-10(16)17-7/h1-3,14H,(H,13,15,16)/b7-3+. The van der Waals surface area contributed by atoms with E-state index < -0.39 is 11.1 Å². The van der Waals surface area contributed by atoms with Crippen molar-refractivity contribution in [2.24, 2.45) is 0 Å². The topological polar surface area (TPSA) is 66.4 Å². The molecule has 0 radical (unpaired) electrons. The van der Waals surface area contributed by atoms with Crippen LogP contribution in [0.25, 0.3) is 6.08 Å². The van der Waals surface area contributed by atoms with Gasteiger partial charge in [-0.25, -0.2) is 0 Å². The molecule has 4 nitrogen and oxygen atoms in total. The molecular weight excluding hydrogens is 285 g/mol. The van der Waals surface area contributed by atoms with E-state index in [1.54, 1.807) is 0 Å². The maximum Gasteiger partial charge on any atom is 0.290 e. The first-order valence-electron chi connectivity index (χ1n) is 4.40. The van der Waals surface area contributed by atoms with Crippen molar-refractivity contribution in [3.8, 4) is 5.75 Å². The van der Waals surface area contributed by atoms with Crippen molar-refractivity contribution < 1.29 is 14.7 Å². The zero-order valence-corrected chi connectivity index (χ0v) is 10.5. The Morgan fingerprint density at radius 3 is 2.29 bits per heavy atom. The van der Waals surface area contributed by atoms with Crippen LogP contribution in [0.3, 0.4) is 0 Å². The average molecular weight is 290 g/mol. The van der Waals surface area contributed by atoms with Gasteiger partial charge < -0.3 is 5.11 Å². The summed E-state index contributed by atoms with van der Waals surface area (Å²) in [4.78, 5) is 22.5. The second kappa shape index (κ2) is 4.60. The average Bonchev–Trinajstić information content (AvgIpc) is 2.54. The van der Waals surface area contributed by atoms with E-state index in [0.29, 0.717) is 5.56 Å². The molecule has 7 heteroatoms. The number of benzene rings is 1. The van der Waals surface area contributed by atoms with Crippen LogP contribution in [-0.4, -0.2) is 16.3 Å². The second-order valence-electron chi connectivity index (χ2n) is 3.19. The zero-order chi connectivity index (χ0) is 12.6. The van der Waals surface area contributed by atoms with Gasteiger partial charge in [0, 0.05) is 0 Å². The number of carbonyl (C=O) groups excluding carboxylic acids is 2. The highest BCUT2D eigenvalue weighted by molar-refractivity contribution is 8.18. The number of hydrogen-bond donors (Lipinski definition) is 2. The van der Waals surface area contributed by atoms with E-state index in [0.717, 1.165) is 11.8 Å². The van der Waals surface area contributed by atoms with Gasteiger partial charge in [0.25, 0.3) is 11.1 Å². The van der Waals surface area contributed by atoms with Crippen molar-refractivity contribution >= 4 is 52.2 Å². The minimum absolute atomic E-state index is 0.0825. The number of thioether (sulfide) groups is 1. The van der Waals surface area contributed by atoms with Gasteiger partial charge in [-0.2, -0.15) is 0 Å². The lowest BCUT2D eigenvalue weighted by atomic mass is 10.2. The van der Waals surface area contributed by atoms with E-state index in [1.165, 1.54) is 18.2 Å². The third-order valence-corrected chi connectivity index (χ3v) is 3.37. The molecule has 1 heterocycles. The molecule has 2 N–H and O–H groups in total. The molecule has 0 atom stereocenters. The molecule has 1 saturated heterocycles. The van der Waals surface area contributed by atoms with Gasteiger partial charge in [-0.15, -0.1) is 0 Å². The fourth-order valence-electron chi connectivity index (χ4n) is 1.24.